The summed E-state index contributed by atoms with van der Waals surface area (Å²) in [6.45, 7) is 4.33. The summed E-state index contributed by atoms with van der Waals surface area (Å²) in [4.78, 5) is 29.1. The van der Waals surface area contributed by atoms with Crippen LogP contribution in [0.5, 0.6) is 0 Å². The Kier molecular flexibility index (Phi) is 6.77. The van der Waals surface area contributed by atoms with Gasteiger partial charge in [-0.05, 0) is 43.7 Å². The first kappa shape index (κ1) is 20.7. The number of aromatic amines is 1. The van der Waals surface area contributed by atoms with Crippen molar-refractivity contribution in [1.29, 1.82) is 0 Å². The average molecular weight is 414 g/mol. The molecule has 0 atom stereocenters. The van der Waals surface area contributed by atoms with Crippen LogP contribution in [-0.2, 0) is 11.2 Å². The molecule has 152 valence electrons. The fourth-order valence-electron chi connectivity index (χ4n) is 3.42. The summed E-state index contributed by atoms with van der Waals surface area (Å²) in [5.41, 5.74) is 2.28. The molecule has 0 aliphatic carbocycles. The number of nitrogens with zero attached hydrogens (tertiary/aromatic N) is 1. The number of halogens is 1. The fourth-order valence-corrected chi connectivity index (χ4v) is 3.59. The summed E-state index contributed by atoms with van der Waals surface area (Å²) in [5.74, 6) is -1.31. The van der Waals surface area contributed by atoms with Gasteiger partial charge in [0.2, 0.25) is 5.91 Å². The van der Waals surface area contributed by atoms with E-state index in [0.717, 1.165) is 25.2 Å². The zero-order valence-corrected chi connectivity index (χ0v) is 17.0. The molecule has 0 saturated carbocycles. The topological polar surface area (TPSA) is 85.4 Å². The lowest BCUT2D eigenvalue weighted by Gasteiger charge is -2.23. The SMILES string of the molecule is CCN(CCCNC(=O)Cc1c(C(=O)O)[nH]c2ccc(Cl)cc12)c1ccccc1. The minimum atomic E-state index is -1.10. The van der Waals surface area contributed by atoms with E-state index >= 15 is 0 Å². The molecule has 0 fully saturated rings. The molecular weight excluding hydrogens is 390 g/mol. The number of hydrogen-bond donors (Lipinski definition) is 3. The number of nitrogens with one attached hydrogen (secondary N) is 2. The van der Waals surface area contributed by atoms with Crippen LogP contribution in [0.2, 0.25) is 5.02 Å². The van der Waals surface area contributed by atoms with Gasteiger partial charge in [0.05, 0.1) is 6.42 Å². The van der Waals surface area contributed by atoms with Crippen molar-refractivity contribution in [3.63, 3.8) is 0 Å². The van der Waals surface area contributed by atoms with Crippen LogP contribution >= 0.6 is 11.6 Å². The Morgan fingerprint density at radius 2 is 1.93 bits per heavy atom. The van der Waals surface area contributed by atoms with Gasteiger partial charge in [0.25, 0.3) is 0 Å². The minimum absolute atomic E-state index is 0.0157. The van der Waals surface area contributed by atoms with Crippen LogP contribution in [0.4, 0.5) is 5.69 Å². The maximum atomic E-state index is 12.4. The molecule has 6 nitrogen and oxygen atoms in total. The highest BCUT2D eigenvalue weighted by atomic mass is 35.5. The highest BCUT2D eigenvalue weighted by Gasteiger charge is 2.19. The van der Waals surface area contributed by atoms with Crippen LogP contribution in [0, 0.1) is 0 Å². The number of carboxylic acids is 1. The Hall–Kier alpha value is -2.99. The summed E-state index contributed by atoms with van der Waals surface area (Å²) in [6, 6.07) is 15.2. The number of amides is 1. The van der Waals surface area contributed by atoms with E-state index in [1.54, 1.807) is 18.2 Å². The van der Waals surface area contributed by atoms with Crippen LogP contribution in [-0.4, -0.2) is 41.6 Å². The smallest absolute Gasteiger partial charge is 0.352 e. The molecule has 3 aromatic rings. The first-order chi connectivity index (χ1) is 14.0. The molecule has 0 aliphatic heterocycles. The number of aromatic carboxylic acids is 1. The second kappa shape index (κ2) is 9.47. The maximum absolute atomic E-state index is 12.4. The van der Waals surface area contributed by atoms with Gasteiger partial charge < -0.3 is 20.3 Å². The number of carbonyl (C=O) groups excluding carboxylic acids is 1. The Morgan fingerprint density at radius 1 is 1.17 bits per heavy atom. The number of hydrogen-bond acceptors (Lipinski definition) is 3. The zero-order valence-electron chi connectivity index (χ0n) is 16.2. The quantitative estimate of drug-likeness (QED) is 0.461. The zero-order chi connectivity index (χ0) is 20.8. The molecule has 29 heavy (non-hydrogen) atoms. The Bertz CT molecular complexity index is 1000. The number of para-hydroxylation sites is 1. The minimum Gasteiger partial charge on any atom is -0.477 e. The molecular formula is C22H24ClN3O3. The van der Waals surface area contributed by atoms with Gasteiger partial charge in [-0.25, -0.2) is 4.79 Å². The van der Waals surface area contributed by atoms with Gasteiger partial charge >= 0.3 is 5.97 Å². The van der Waals surface area contributed by atoms with E-state index in [2.05, 4.69) is 34.3 Å². The number of anilines is 1. The lowest BCUT2D eigenvalue weighted by Crippen LogP contribution is -2.31. The van der Waals surface area contributed by atoms with Crippen molar-refractivity contribution in [2.45, 2.75) is 19.8 Å². The molecule has 0 aliphatic rings. The maximum Gasteiger partial charge on any atom is 0.352 e. The lowest BCUT2D eigenvalue weighted by molar-refractivity contribution is -0.120. The largest absolute Gasteiger partial charge is 0.477 e. The van der Waals surface area contributed by atoms with Crippen molar-refractivity contribution in [3.8, 4) is 0 Å². The number of aromatic nitrogens is 1. The standard InChI is InChI=1S/C22H24ClN3O3/c1-2-26(16-7-4-3-5-8-16)12-6-11-24-20(27)14-18-17-13-15(23)9-10-19(17)25-21(18)22(28)29/h3-5,7-10,13,25H,2,6,11-12,14H2,1H3,(H,24,27)(H,28,29). The van der Waals surface area contributed by atoms with E-state index in [1.807, 2.05) is 18.2 Å². The van der Waals surface area contributed by atoms with Crippen LogP contribution < -0.4 is 10.2 Å². The molecule has 3 rings (SSSR count). The Labute approximate surface area is 174 Å². The fraction of sp³-hybridized carbons (Fsp3) is 0.273. The molecule has 0 bridgehead atoms. The van der Waals surface area contributed by atoms with Crippen molar-refractivity contribution in [1.82, 2.24) is 10.3 Å². The number of H-pyrrole nitrogens is 1. The summed E-state index contributed by atoms with van der Waals surface area (Å²) in [7, 11) is 0. The van der Waals surface area contributed by atoms with Gasteiger partial charge in [-0.15, -0.1) is 0 Å². The molecule has 0 radical (unpaired) electrons. The van der Waals surface area contributed by atoms with E-state index in [9.17, 15) is 14.7 Å². The molecule has 0 unspecified atom stereocenters. The third kappa shape index (κ3) is 5.09. The second-order valence-corrected chi connectivity index (χ2v) is 7.21. The molecule has 0 spiro atoms. The van der Waals surface area contributed by atoms with E-state index < -0.39 is 5.97 Å². The van der Waals surface area contributed by atoms with E-state index in [0.29, 0.717) is 28.0 Å². The normalized spacial score (nSPS) is 10.8. The predicted octanol–water partition coefficient (Wildman–Crippen LogP) is 4.09. The van der Waals surface area contributed by atoms with Gasteiger partial charge in [-0.3, -0.25) is 4.79 Å². The van der Waals surface area contributed by atoms with Crippen molar-refractivity contribution in [2.24, 2.45) is 0 Å². The summed E-state index contributed by atoms with van der Waals surface area (Å²) >= 11 is 6.05. The van der Waals surface area contributed by atoms with Gasteiger partial charge in [-0.1, -0.05) is 29.8 Å². The van der Waals surface area contributed by atoms with Crippen molar-refractivity contribution in [3.05, 3.63) is 64.8 Å². The molecule has 2 aromatic carbocycles. The van der Waals surface area contributed by atoms with Gasteiger partial charge in [-0.2, -0.15) is 0 Å². The first-order valence-electron chi connectivity index (χ1n) is 9.59. The number of benzene rings is 2. The number of carbonyl (C=O) groups is 2. The van der Waals surface area contributed by atoms with Crippen LogP contribution in [0.15, 0.2) is 48.5 Å². The Balaban J connectivity index is 1.59. The average Bonchev–Trinajstić information content (AvgIpc) is 3.06. The number of rotatable bonds is 9. The highest BCUT2D eigenvalue weighted by Crippen LogP contribution is 2.26. The molecule has 0 saturated heterocycles. The third-order valence-corrected chi connectivity index (χ3v) is 5.08. The van der Waals surface area contributed by atoms with Gasteiger partial charge in [0.1, 0.15) is 5.69 Å². The molecule has 1 heterocycles. The van der Waals surface area contributed by atoms with Crippen LogP contribution in [0.1, 0.15) is 29.4 Å². The summed E-state index contributed by atoms with van der Waals surface area (Å²) in [6.07, 6.45) is 0.776. The third-order valence-electron chi connectivity index (χ3n) is 4.85. The lowest BCUT2D eigenvalue weighted by atomic mass is 10.1. The highest BCUT2D eigenvalue weighted by molar-refractivity contribution is 6.31. The van der Waals surface area contributed by atoms with Crippen molar-refractivity contribution >= 4 is 40.1 Å². The molecule has 1 amide bonds. The van der Waals surface area contributed by atoms with Crippen molar-refractivity contribution in [2.75, 3.05) is 24.5 Å². The molecule has 3 N–H and O–H groups in total. The summed E-state index contributed by atoms with van der Waals surface area (Å²) in [5, 5.41) is 13.5. The summed E-state index contributed by atoms with van der Waals surface area (Å²) < 4.78 is 0. The molecule has 1 aromatic heterocycles. The van der Waals surface area contributed by atoms with Crippen LogP contribution in [0.25, 0.3) is 10.9 Å². The number of fused-ring (bicyclic) bond motifs is 1. The van der Waals surface area contributed by atoms with Gasteiger partial charge in [0, 0.05) is 46.8 Å². The van der Waals surface area contributed by atoms with Crippen molar-refractivity contribution < 1.29 is 14.7 Å². The van der Waals surface area contributed by atoms with Crippen LogP contribution in [0.3, 0.4) is 0 Å². The first-order valence-corrected chi connectivity index (χ1v) is 9.97. The van der Waals surface area contributed by atoms with E-state index in [4.69, 9.17) is 11.6 Å². The second-order valence-electron chi connectivity index (χ2n) is 6.77. The van der Waals surface area contributed by atoms with E-state index in [-0.39, 0.29) is 18.0 Å². The number of carboxylic acid groups (broad SMARTS) is 1. The Morgan fingerprint density at radius 3 is 2.62 bits per heavy atom. The predicted molar refractivity (Wildman–Crippen MR) is 116 cm³/mol. The monoisotopic (exact) mass is 413 g/mol. The van der Waals surface area contributed by atoms with Gasteiger partial charge in [0.15, 0.2) is 0 Å². The molecule has 7 heteroatoms. The van der Waals surface area contributed by atoms with E-state index in [1.165, 1.54) is 0 Å².